The molecule has 2 heterocycles. The Hall–Kier alpha value is -1.43. The van der Waals surface area contributed by atoms with E-state index in [1.165, 1.54) is 4.68 Å². The summed E-state index contributed by atoms with van der Waals surface area (Å²) in [6.45, 7) is 9.85. The van der Waals surface area contributed by atoms with Crippen LogP contribution in [0.3, 0.4) is 0 Å². The number of carbonyl (C=O) groups excluding carboxylic acids is 1. The molecule has 124 valence electrons. The van der Waals surface area contributed by atoms with Crippen molar-refractivity contribution in [2.24, 2.45) is 11.8 Å². The molecule has 22 heavy (non-hydrogen) atoms. The highest BCUT2D eigenvalue weighted by molar-refractivity contribution is 5.76. The first-order chi connectivity index (χ1) is 10.3. The molecule has 1 saturated heterocycles. The number of aliphatic hydroxyl groups is 1. The van der Waals surface area contributed by atoms with Crippen molar-refractivity contribution < 1.29 is 9.90 Å². The summed E-state index contributed by atoms with van der Waals surface area (Å²) in [5.41, 5.74) is -0.520. The van der Waals surface area contributed by atoms with Crippen molar-refractivity contribution in [3.8, 4) is 0 Å². The topological polar surface area (TPSA) is 71.2 Å². The predicted molar refractivity (Wildman–Crippen MR) is 84.4 cm³/mol. The van der Waals surface area contributed by atoms with Crippen LogP contribution >= 0.6 is 0 Å². The second-order valence-corrected chi connectivity index (χ2v) is 7.25. The van der Waals surface area contributed by atoms with Crippen LogP contribution in [0.5, 0.6) is 0 Å². The summed E-state index contributed by atoms with van der Waals surface area (Å²) in [5.74, 6) is 0.673. The molecular formula is C16H28N4O2. The molecule has 6 heteroatoms. The highest BCUT2D eigenvalue weighted by Crippen LogP contribution is 2.33. The lowest BCUT2D eigenvalue weighted by Crippen LogP contribution is -2.32. The SMILES string of the molecule is CC(C)CC(O)(CC(C)C)c1cn(C(=O)N2CCCC2)nn1. The van der Waals surface area contributed by atoms with Crippen molar-refractivity contribution >= 4 is 6.03 Å². The van der Waals surface area contributed by atoms with E-state index in [9.17, 15) is 9.90 Å². The van der Waals surface area contributed by atoms with E-state index in [1.54, 1.807) is 11.1 Å². The largest absolute Gasteiger partial charge is 0.383 e. The molecule has 0 radical (unpaired) electrons. The van der Waals surface area contributed by atoms with Gasteiger partial charge in [-0.05, 0) is 37.5 Å². The Labute approximate surface area is 132 Å². The van der Waals surface area contributed by atoms with E-state index in [-0.39, 0.29) is 6.03 Å². The Morgan fingerprint density at radius 2 is 1.77 bits per heavy atom. The number of likely N-dealkylation sites (tertiary alicyclic amines) is 1. The second-order valence-electron chi connectivity index (χ2n) is 7.25. The first-order valence-corrected chi connectivity index (χ1v) is 8.26. The number of rotatable bonds is 5. The Morgan fingerprint density at radius 1 is 1.23 bits per heavy atom. The Morgan fingerprint density at radius 3 is 2.27 bits per heavy atom. The fourth-order valence-corrected chi connectivity index (χ4v) is 3.27. The normalized spacial score (nSPS) is 16.0. The average Bonchev–Trinajstić information content (AvgIpc) is 3.08. The second kappa shape index (κ2) is 6.77. The minimum atomic E-state index is -1.02. The Kier molecular flexibility index (Phi) is 5.21. The van der Waals surface area contributed by atoms with Crippen molar-refractivity contribution in [2.75, 3.05) is 13.1 Å². The number of hydrogen-bond donors (Lipinski definition) is 1. The minimum absolute atomic E-state index is 0.146. The fraction of sp³-hybridized carbons (Fsp3) is 0.812. The maximum atomic E-state index is 12.3. The van der Waals surface area contributed by atoms with Gasteiger partial charge < -0.3 is 10.0 Å². The third-order valence-corrected chi connectivity index (χ3v) is 4.03. The molecule has 1 N–H and O–H groups in total. The lowest BCUT2D eigenvalue weighted by atomic mass is 9.83. The zero-order valence-electron chi connectivity index (χ0n) is 14.1. The van der Waals surface area contributed by atoms with Crippen LogP contribution in [0.2, 0.25) is 0 Å². The number of carbonyl (C=O) groups is 1. The average molecular weight is 308 g/mol. The molecule has 2 rings (SSSR count). The summed E-state index contributed by atoms with van der Waals surface area (Å²) in [6, 6.07) is -0.146. The molecule has 0 bridgehead atoms. The van der Waals surface area contributed by atoms with Crippen LogP contribution in [-0.2, 0) is 5.60 Å². The van der Waals surface area contributed by atoms with Crippen molar-refractivity contribution in [3.05, 3.63) is 11.9 Å². The maximum Gasteiger partial charge on any atom is 0.346 e. The molecule has 1 aromatic heterocycles. The van der Waals surface area contributed by atoms with Crippen molar-refractivity contribution in [3.63, 3.8) is 0 Å². The quantitative estimate of drug-likeness (QED) is 0.907. The van der Waals surface area contributed by atoms with Crippen molar-refractivity contribution in [2.45, 2.75) is 59.0 Å². The summed E-state index contributed by atoms with van der Waals surface area (Å²) in [7, 11) is 0. The van der Waals surface area contributed by atoms with Gasteiger partial charge in [0, 0.05) is 13.1 Å². The first-order valence-electron chi connectivity index (χ1n) is 8.26. The van der Waals surface area contributed by atoms with Gasteiger partial charge in [0.25, 0.3) is 0 Å². The summed E-state index contributed by atoms with van der Waals surface area (Å²) in [4.78, 5) is 14.1. The van der Waals surface area contributed by atoms with Gasteiger partial charge in [-0.3, -0.25) is 0 Å². The van der Waals surface area contributed by atoms with Crippen LogP contribution in [-0.4, -0.2) is 44.1 Å². The fourth-order valence-electron chi connectivity index (χ4n) is 3.27. The zero-order chi connectivity index (χ0) is 16.3. The molecule has 1 aromatic rings. The lowest BCUT2D eigenvalue weighted by Gasteiger charge is -2.29. The third kappa shape index (κ3) is 3.85. The molecule has 0 atom stereocenters. The van der Waals surface area contributed by atoms with E-state index in [0.717, 1.165) is 25.9 Å². The molecule has 1 amide bonds. The Bertz CT molecular complexity index is 494. The molecule has 1 aliphatic heterocycles. The van der Waals surface area contributed by atoms with E-state index >= 15 is 0 Å². The lowest BCUT2D eigenvalue weighted by molar-refractivity contribution is -0.00854. The number of hydrogen-bond acceptors (Lipinski definition) is 4. The van der Waals surface area contributed by atoms with Crippen LogP contribution in [0.4, 0.5) is 4.79 Å². The van der Waals surface area contributed by atoms with Gasteiger partial charge in [0.15, 0.2) is 0 Å². The Balaban J connectivity index is 2.20. The van der Waals surface area contributed by atoms with Crippen LogP contribution in [0.1, 0.15) is 59.1 Å². The van der Waals surface area contributed by atoms with Crippen molar-refractivity contribution in [1.29, 1.82) is 0 Å². The standard InChI is InChI=1S/C16H28N4O2/c1-12(2)9-16(22,10-13(3)4)14-11-20(18-17-14)15(21)19-7-5-6-8-19/h11-13,22H,5-10H2,1-4H3. The highest BCUT2D eigenvalue weighted by Gasteiger charge is 2.35. The molecule has 0 spiro atoms. The predicted octanol–water partition coefficient (Wildman–Crippen LogP) is 2.62. The summed E-state index contributed by atoms with van der Waals surface area (Å²) in [5, 5.41) is 19.1. The third-order valence-electron chi connectivity index (χ3n) is 4.03. The minimum Gasteiger partial charge on any atom is -0.383 e. The van der Waals surface area contributed by atoms with Gasteiger partial charge in [0.2, 0.25) is 0 Å². The van der Waals surface area contributed by atoms with E-state index in [1.807, 2.05) is 0 Å². The van der Waals surface area contributed by atoms with E-state index < -0.39 is 5.60 Å². The first kappa shape index (κ1) is 16.9. The van der Waals surface area contributed by atoms with Crippen LogP contribution < -0.4 is 0 Å². The molecular weight excluding hydrogens is 280 g/mol. The van der Waals surface area contributed by atoms with E-state index in [0.29, 0.717) is 30.4 Å². The van der Waals surface area contributed by atoms with Crippen LogP contribution in [0.25, 0.3) is 0 Å². The monoisotopic (exact) mass is 308 g/mol. The molecule has 0 aliphatic carbocycles. The van der Waals surface area contributed by atoms with E-state index in [4.69, 9.17) is 0 Å². The molecule has 1 fully saturated rings. The number of aromatic nitrogens is 3. The van der Waals surface area contributed by atoms with Crippen molar-refractivity contribution in [1.82, 2.24) is 19.9 Å². The van der Waals surface area contributed by atoms with Gasteiger partial charge in [0.1, 0.15) is 11.3 Å². The molecule has 0 unspecified atom stereocenters. The van der Waals surface area contributed by atoms with Gasteiger partial charge in [-0.2, -0.15) is 4.68 Å². The summed E-state index contributed by atoms with van der Waals surface area (Å²) in [6.07, 6.45) is 4.91. The summed E-state index contributed by atoms with van der Waals surface area (Å²) < 4.78 is 1.27. The molecule has 6 nitrogen and oxygen atoms in total. The molecule has 0 saturated carbocycles. The van der Waals surface area contributed by atoms with Gasteiger partial charge >= 0.3 is 6.03 Å². The zero-order valence-corrected chi connectivity index (χ0v) is 14.1. The maximum absolute atomic E-state index is 12.3. The summed E-state index contributed by atoms with van der Waals surface area (Å²) >= 11 is 0. The van der Waals surface area contributed by atoms with Gasteiger partial charge in [-0.25, -0.2) is 4.79 Å². The highest BCUT2D eigenvalue weighted by atomic mass is 16.3. The van der Waals surface area contributed by atoms with Crippen LogP contribution in [0, 0.1) is 11.8 Å². The molecule has 0 aromatic carbocycles. The molecule has 1 aliphatic rings. The number of amides is 1. The van der Waals surface area contributed by atoms with Gasteiger partial charge in [-0.1, -0.05) is 32.9 Å². The van der Waals surface area contributed by atoms with Gasteiger partial charge in [0.05, 0.1) is 6.20 Å². The number of nitrogens with zero attached hydrogens (tertiary/aromatic N) is 4. The van der Waals surface area contributed by atoms with E-state index in [2.05, 4.69) is 38.0 Å². The van der Waals surface area contributed by atoms with Gasteiger partial charge in [-0.15, -0.1) is 5.10 Å². The smallest absolute Gasteiger partial charge is 0.346 e. The van der Waals surface area contributed by atoms with Crippen LogP contribution in [0.15, 0.2) is 6.20 Å².